The standard InChI is InChI=1S/C22H28N6O3S/c1-10(12-3-4-12)24-22-25-11(2)17(21-27-15-8-23-6-5-16(15)32-21)20(28-22)26-14-7-13(9-29)18(30)19(14)31/h5-6,8,10,12-14,18-19,29-31H,3-4,7,9H2,1-2H3,(H2,24,25,26,28). The lowest BCUT2D eigenvalue weighted by Crippen LogP contribution is -2.36. The number of pyridine rings is 1. The molecule has 0 saturated heterocycles. The van der Waals surface area contributed by atoms with Gasteiger partial charge < -0.3 is 26.0 Å². The Labute approximate surface area is 190 Å². The highest BCUT2D eigenvalue weighted by Gasteiger charge is 2.41. The third-order valence-corrected chi connectivity index (χ3v) is 7.59. The Balaban J connectivity index is 1.53. The van der Waals surface area contributed by atoms with Gasteiger partial charge in [-0.3, -0.25) is 4.98 Å². The van der Waals surface area contributed by atoms with Gasteiger partial charge in [-0.15, -0.1) is 11.3 Å². The second-order valence-corrected chi connectivity index (χ2v) is 9.93. The summed E-state index contributed by atoms with van der Waals surface area (Å²) in [6.45, 7) is 3.89. The van der Waals surface area contributed by atoms with Gasteiger partial charge in [0.15, 0.2) is 0 Å². The number of rotatable bonds is 7. The number of aromatic nitrogens is 4. The molecule has 2 aliphatic rings. The number of nitrogens with zero attached hydrogens (tertiary/aromatic N) is 4. The van der Waals surface area contributed by atoms with Crippen LogP contribution in [0.4, 0.5) is 11.8 Å². The highest BCUT2D eigenvalue weighted by molar-refractivity contribution is 7.21. The second-order valence-electron chi connectivity index (χ2n) is 8.90. The van der Waals surface area contributed by atoms with Gasteiger partial charge in [0, 0.05) is 24.8 Å². The molecule has 2 saturated carbocycles. The van der Waals surface area contributed by atoms with Gasteiger partial charge in [-0.1, -0.05) is 0 Å². The maximum Gasteiger partial charge on any atom is 0.225 e. The lowest BCUT2D eigenvalue weighted by Gasteiger charge is -2.22. The Morgan fingerprint density at radius 3 is 2.69 bits per heavy atom. The van der Waals surface area contributed by atoms with Gasteiger partial charge in [0.05, 0.1) is 34.3 Å². The summed E-state index contributed by atoms with van der Waals surface area (Å²) in [5.74, 6) is 1.35. The number of anilines is 2. The van der Waals surface area contributed by atoms with Gasteiger partial charge in [-0.2, -0.15) is 4.98 Å². The molecule has 32 heavy (non-hydrogen) atoms. The molecule has 0 radical (unpaired) electrons. The molecular weight excluding hydrogens is 428 g/mol. The van der Waals surface area contributed by atoms with Crippen molar-refractivity contribution in [3.05, 3.63) is 24.2 Å². The van der Waals surface area contributed by atoms with E-state index in [1.807, 2.05) is 13.0 Å². The Kier molecular flexibility index (Phi) is 5.70. The molecule has 170 valence electrons. The summed E-state index contributed by atoms with van der Waals surface area (Å²) in [7, 11) is 0. The van der Waals surface area contributed by atoms with Crippen molar-refractivity contribution in [3.8, 4) is 10.6 Å². The van der Waals surface area contributed by atoms with Gasteiger partial charge in [0.1, 0.15) is 22.4 Å². The lowest BCUT2D eigenvalue weighted by molar-refractivity contribution is 0.00446. The van der Waals surface area contributed by atoms with Crippen molar-refractivity contribution in [2.45, 2.75) is 57.4 Å². The summed E-state index contributed by atoms with van der Waals surface area (Å²) in [6, 6.07) is 1.76. The first-order valence-electron chi connectivity index (χ1n) is 11.0. The van der Waals surface area contributed by atoms with E-state index in [2.05, 4.69) is 22.5 Å². The number of aliphatic hydroxyl groups is 3. The molecule has 10 heteroatoms. The van der Waals surface area contributed by atoms with Crippen molar-refractivity contribution in [3.63, 3.8) is 0 Å². The molecule has 0 bridgehead atoms. The minimum Gasteiger partial charge on any atom is -0.396 e. The third kappa shape index (κ3) is 4.03. The van der Waals surface area contributed by atoms with E-state index in [0.717, 1.165) is 26.5 Å². The zero-order valence-electron chi connectivity index (χ0n) is 18.1. The molecule has 0 amide bonds. The van der Waals surface area contributed by atoms with Crippen LogP contribution in [0.15, 0.2) is 18.5 Å². The van der Waals surface area contributed by atoms with Crippen LogP contribution in [0.1, 0.15) is 31.9 Å². The maximum atomic E-state index is 10.6. The maximum absolute atomic E-state index is 10.6. The molecule has 5 atom stereocenters. The molecule has 5 unspecified atom stereocenters. The first-order valence-corrected chi connectivity index (χ1v) is 11.9. The van der Waals surface area contributed by atoms with Gasteiger partial charge in [0.25, 0.3) is 0 Å². The smallest absolute Gasteiger partial charge is 0.225 e. The quantitative estimate of drug-likeness (QED) is 0.362. The summed E-state index contributed by atoms with van der Waals surface area (Å²) in [4.78, 5) is 18.4. The fraction of sp³-hybridized carbons (Fsp3) is 0.545. The largest absolute Gasteiger partial charge is 0.396 e. The molecule has 0 aliphatic heterocycles. The number of aliphatic hydroxyl groups excluding tert-OH is 3. The Hall–Kier alpha value is -2.40. The van der Waals surface area contributed by atoms with E-state index in [1.165, 1.54) is 24.2 Å². The Bertz CT molecular complexity index is 1090. The van der Waals surface area contributed by atoms with Crippen LogP contribution in [-0.2, 0) is 0 Å². The monoisotopic (exact) mass is 456 g/mol. The molecule has 0 spiro atoms. The van der Waals surface area contributed by atoms with E-state index in [0.29, 0.717) is 24.1 Å². The van der Waals surface area contributed by atoms with Crippen LogP contribution >= 0.6 is 11.3 Å². The molecular formula is C22H28N6O3S. The van der Waals surface area contributed by atoms with Crippen molar-refractivity contribution >= 4 is 33.3 Å². The van der Waals surface area contributed by atoms with Crippen LogP contribution in [0.5, 0.6) is 0 Å². The van der Waals surface area contributed by atoms with Crippen molar-refractivity contribution in [2.24, 2.45) is 11.8 Å². The highest BCUT2D eigenvalue weighted by Crippen LogP contribution is 2.39. The van der Waals surface area contributed by atoms with Crippen LogP contribution in [0.3, 0.4) is 0 Å². The van der Waals surface area contributed by atoms with Gasteiger partial charge in [-0.05, 0) is 45.1 Å². The molecule has 2 fully saturated rings. The van der Waals surface area contributed by atoms with Crippen LogP contribution in [0, 0.1) is 18.8 Å². The average molecular weight is 457 g/mol. The lowest BCUT2D eigenvalue weighted by atomic mass is 10.1. The Morgan fingerprint density at radius 2 is 2.00 bits per heavy atom. The summed E-state index contributed by atoms with van der Waals surface area (Å²) >= 11 is 1.53. The zero-order chi connectivity index (χ0) is 22.4. The number of hydrogen-bond acceptors (Lipinski definition) is 10. The molecule has 5 rings (SSSR count). The third-order valence-electron chi connectivity index (χ3n) is 6.54. The van der Waals surface area contributed by atoms with Crippen LogP contribution in [-0.4, -0.2) is 66.2 Å². The topological polar surface area (TPSA) is 136 Å². The minimum absolute atomic E-state index is 0.178. The fourth-order valence-electron chi connectivity index (χ4n) is 4.43. The van der Waals surface area contributed by atoms with E-state index in [9.17, 15) is 15.3 Å². The van der Waals surface area contributed by atoms with Crippen molar-refractivity contribution in [1.29, 1.82) is 0 Å². The predicted molar refractivity (Wildman–Crippen MR) is 124 cm³/mol. The van der Waals surface area contributed by atoms with Gasteiger partial charge in [0.2, 0.25) is 5.95 Å². The average Bonchev–Trinajstić information content (AvgIpc) is 3.49. The van der Waals surface area contributed by atoms with E-state index < -0.39 is 18.2 Å². The molecule has 3 heterocycles. The summed E-state index contributed by atoms with van der Waals surface area (Å²) < 4.78 is 1.02. The zero-order valence-corrected chi connectivity index (χ0v) is 18.9. The molecule has 3 aromatic rings. The number of aryl methyl sites for hydroxylation is 1. The Morgan fingerprint density at radius 1 is 1.19 bits per heavy atom. The van der Waals surface area contributed by atoms with Crippen LogP contribution in [0.2, 0.25) is 0 Å². The predicted octanol–water partition coefficient (Wildman–Crippen LogP) is 2.18. The summed E-state index contributed by atoms with van der Waals surface area (Å²) in [5, 5.41) is 37.9. The molecule has 5 N–H and O–H groups in total. The van der Waals surface area contributed by atoms with Crippen LogP contribution in [0.25, 0.3) is 20.8 Å². The number of fused-ring (bicyclic) bond motifs is 1. The molecule has 9 nitrogen and oxygen atoms in total. The highest BCUT2D eigenvalue weighted by atomic mass is 32.1. The molecule has 2 aliphatic carbocycles. The van der Waals surface area contributed by atoms with E-state index in [-0.39, 0.29) is 18.6 Å². The van der Waals surface area contributed by atoms with Crippen LogP contribution < -0.4 is 10.6 Å². The molecule has 0 aromatic carbocycles. The minimum atomic E-state index is -1.00. The van der Waals surface area contributed by atoms with Crippen molar-refractivity contribution < 1.29 is 15.3 Å². The van der Waals surface area contributed by atoms with E-state index in [4.69, 9.17) is 15.0 Å². The number of nitrogens with one attached hydrogen (secondary N) is 2. The number of hydrogen-bond donors (Lipinski definition) is 5. The second kappa shape index (κ2) is 8.51. The van der Waals surface area contributed by atoms with Crippen molar-refractivity contribution in [1.82, 2.24) is 19.9 Å². The number of thiazole rings is 1. The van der Waals surface area contributed by atoms with Crippen molar-refractivity contribution in [2.75, 3.05) is 17.2 Å². The van der Waals surface area contributed by atoms with Gasteiger partial charge >= 0.3 is 0 Å². The molecule has 3 aromatic heterocycles. The van der Waals surface area contributed by atoms with E-state index >= 15 is 0 Å². The van der Waals surface area contributed by atoms with Gasteiger partial charge in [-0.25, -0.2) is 9.97 Å². The first kappa shape index (κ1) is 21.4. The summed E-state index contributed by atoms with van der Waals surface area (Å²) in [5.41, 5.74) is 2.34. The fourth-order valence-corrected chi connectivity index (χ4v) is 5.46. The normalized spacial score (nSPS) is 26.4. The first-order chi connectivity index (χ1) is 15.4. The van der Waals surface area contributed by atoms with E-state index in [1.54, 1.807) is 12.4 Å². The summed E-state index contributed by atoms with van der Waals surface area (Å²) in [6.07, 6.45) is 4.35. The SMILES string of the molecule is Cc1nc(NC(C)C2CC2)nc(NC2CC(CO)C(O)C2O)c1-c1nc2cnccc2s1.